The molecular weight excluding hydrogens is 609 g/mol. The highest BCUT2D eigenvalue weighted by molar-refractivity contribution is 6.30. The average molecular weight is 652 g/mol. The zero-order chi connectivity index (χ0) is 32.1. The van der Waals surface area contributed by atoms with E-state index in [4.69, 9.17) is 21.4 Å². The van der Waals surface area contributed by atoms with E-state index in [0.29, 0.717) is 54.3 Å². The number of aliphatic hydroxyl groups is 5. The maximum absolute atomic E-state index is 14.9. The van der Waals surface area contributed by atoms with Crippen LogP contribution in [-0.2, 0) is 11.2 Å². The molecule has 3 aliphatic rings. The first-order chi connectivity index (χ1) is 21.6. The lowest BCUT2D eigenvalue weighted by Gasteiger charge is -2.36. The summed E-state index contributed by atoms with van der Waals surface area (Å²) in [5.74, 6) is 1.07. The zero-order valence-corrected chi connectivity index (χ0v) is 25.9. The largest absolute Gasteiger partial charge is 0.493 e. The average Bonchev–Trinajstić information content (AvgIpc) is 3.65. The summed E-state index contributed by atoms with van der Waals surface area (Å²) in [6.07, 6.45) is 1.63. The zero-order valence-electron chi connectivity index (χ0n) is 25.2. The van der Waals surface area contributed by atoms with Crippen LogP contribution in [-0.4, -0.2) is 134 Å². The monoisotopic (exact) mass is 651 g/mol. The highest BCUT2D eigenvalue weighted by Gasteiger charge is 2.46. The second-order valence-corrected chi connectivity index (χ2v) is 12.8. The van der Waals surface area contributed by atoms with Crippen molar-refractivity contribution in [1.82, 2.24) is 19.8 Å². The predicted molar refractivity (Wildman–Crippen MR) is 163 cm³/mol. The van der Waals surface area contributed by atoms with E-state index in [1.807, 2.05) is 4.90 Å². The Morgan fingerprint density at radius 1 is 1.04 bits per heavy atom. The fourth-order valence-corrected chi connectivity index (χ4v) is 6.77. The van der Waals surface area contributed by atoms with Crippen LogP contribution in [0.5, 0.6) is 5.75 Å². The molecule has 0 spiro atoms. The van der Waals surface area contributed by atoms with Crippen LogP contribution in [0, 0.1) is 11.7 Å². The second-order valence-electron chi connectivity index (χ2n) is 12.4. The number of hydrogen-bond donors (Lipinski definition) is 5. The summed E-state index contributed by atoms with van der Waals surface area (Å²) in [5, 5.41) is 49.3. The number of carbonyl (C=O) groups excluding carboxylic acids is 1. The van der Waals surface area contributed by atoms with Crippen LogP contribution in [0.4, 0.5) is 10.3 Å². The van der Waals surface area contributed by atoms with Crippen molar-refractivity contribution < 1.29 is 39.5 Å². The molecule has 0 unspecified atom stereocenters. The minimum Gasteiger partial charge on any atom is -0.493 e. The Balaban J connectivity index is 1.00. The molecule has 2 aromatic rings. The molecule has 14 heteroatoms. The van der Waals surface area contributed by atoms with Gasteiger partial charge in [-0.05, 0) is 49.7 Å². The lowest BCUT2D eigenvalue weighted by atomic mass is 9.92. The van der Waals surface area contributed by atoms with Gasteiger partial charge < -0.3 is 40.1 Å². The maximum atomic E-state index is 14.9. The quantitative estimate of drug-likeness (QED) is 0.182. The van der Waals surface area contributed by atoms with Gasteiger partial charge in [0, 0.05) is 50.9 Å². The normalized spacial score (nSPS) is 23.3. The Morgan fingerprint density at radius 3 is 2.40 bits per heavy atom. The number of likely N-dealkylation sites (tertiary alicyclic amines) is 2. The molecule has 3 fully saturated rings. The topological polar surface area (TPSA) is 163 Å². The van der Waals surface area contributed by atoms with Crippen molar-refractivity contribution in [2.75, 3.05) is 50.8 Å². The number of aliphatic hydroxyl groups excluding tert-OH is 5. The van der Waals surface area contributed by atoms with Gasteiger partial charge in [-0.25, -0.2) is 14.4 Å². The van der Waals surface area contributed by atoms with Crippen molar-refractivity contribution in [3.8, 4) is 5.75 Å². The third-order valence-electron chi connectivity index (χ3n) is 9.32. The molecule has 45 heavy (non-hydrogen) atoms. The molecule has 0 radical (unpaired) electrons. The Labute approximate surface area is 267 Å². The molecule has 3 aliphatic heterocycles. The fraction of sp³-hybridized carbons (Fsp3) is 0.645. The van der Waals surface area contributed by atoms with Crippen molar-refractivity contribution in [3.05, 3.63) is 47.0 Å². The number of nitrogens with zero attached hydrogens (tertiary/aromatic N) is 5. The van der Waals surface area contributed by atoms with Gasteiger partial charge in [-0.15, -0.1) is 0 Å². The highest BCUT2D eigenvalue weighted by Crippen LogP contribution is 2.32. The Hall–Kier alpha value is -2.65. The van der Waals surface area contributed by atoms with Crippen molar-refractivity contribution in [2.45, 2.75) is 75.0 Å². The minimum absolute atomic E-state index is 0.0358. The molecule has 248 valence electrons. The molecule has 12 nitrogen and oxygen atoms in total. The summed E-state index contributed by atoms with van der Waals surface area (Å²) in [6, 6.07) is 4.50. The molecule has 3 saturated heterocycles. The number of ether oxygens (including phenoxy) is 1. The van der Waals surface area contributed by atoms with Crippen LogP contribution in [0.3, 0.4) is 0 Å². The number of carbonyl (C=O) groups is 1. The van der Waals surface area contributed by atoms with Gasteiger partial charge in [-0.1, -0.05) is 17.7 Å². The van der Waals surface area contributed by atoms with Gasteiger partial charge >= 0.3 is 0 Å². The van der Waals surface area contributed by atoms with E-state index in [9.17, 15) is 29.6 Å². The van der Waals surface area contributed by atoms with Gasteiger partial charge in [-0.3, -0.25) is 9.69 Å². The SMILES string of the molecule is O=C(Cc1ccc(OCCCC2CCN(c3ncc(Cl)cn3)CC2)cc1F)N1C[C@@H]2C[C@H]1CN2C[C@H](O)[C@@H](O)[C@H](O)[C@H](O)CO. The molecule has 6 atom stereocenters. The molecule has 5 N–H and O–H groups in total. The van der Waals surface area contributed by atoms with Crippen molar-refractivity contribution in [2.24, 2.45) is 5.92 Å². The van der Waals surface area contributed by atoms with Crippen LogP contribution in [0.1, 0.15) is 37.7 Å². The highest BCUT2D eigenvalue weighted by atomic mass is 35.5. The van der Waals surface area contributed by atoms with E-state index in [1.54, 1.807) is 29.4 Å². The van der Waals surface area contributed by atoms with Crippen LogP contribution in [0.15, 0.2) is 30.6 Å². The number of β-amino-alcohol motifs (C(OH)–C–C–N with tert-alkyl or cyclic N) is 1. The molecule has 5 rings (SSSR count). The first kappa shape index (κ1) is 33.7. The lowest BCUT2D eigenvalue weighted by molar-refractivity contribution is -0.134. The van der Waals surface area contributed by atoms with E-state index in [1.165, 1.54) is 6.07 Å². The molecule has 0 saturated carbocycles. The van der Waals surface area contributed by atoms with Gasteiger partial charge in [0.25, 0.3) is 0 Å². The molecule has 1 amide bonds. The van der Waals surface area contributed by atoms with E-state index in [-0.39, 0.29) is 31.0 Å². The number of anilines is 1. The van der Waals surface area contributed by atoms with Gasteiger partial charge in [0.1, 0.15) is 29.9 Å². The number of amides is 1. The molecule has 4 heterocycles. The Morgan fingerprint density at radius 2 is 1.76 bits per heavy atom. The van der Waals surface area contributed by atoms with E-state index in [0.717, 1.165) is 38.8 Å². The van der Waals surface area contributed by atoms with Crippen molar-refractivity contribution in [1.29, 1.82) is 0 Å². The van der Waals surface area contributed by atoms with Crippen molar-refractivity contribution >= 4 is 23.5 Å². The number of hydrogen-bond acceptors (Lipinski definition) is 11. The van der Waals surface area contributed by atoms with Crippen LogP contribution in [0.25, 0.3) is 0 Å². The van der Waals surface area contributed by atoms with E-state index < -0.39 is 36.8 Å². The van der Waals surface area contributed by atoms with E-state index in [2.05, 4.69) is 14.9 Å². The van der Waals surface area contributed by atoms with Gasteiger partial charge in [0.2, 0.25) is 11.9 Å². The molecular formula is C31H43ClFN5O7. The number of piperazine rings is 1. The van der Waals surface area contributed by atoms with Crippen molar-refractivity contribution in [3.63, 3.8) is 0 Å². The van der Waals surface area contributed by atoms with Gasteiger partial charge in [-0.2, -0.15) is 0 Å². The number of benzene rings is 1. The number of piperidine rings is 1. The Kier molecular flexibility index (Phi) is 11.5. The fourth-order valence-electron chi connectivity index (χ4n) is 6.67. The minimum atomic E-state index is -1.68. The van der Waals surface area contributed by atoms with Crippen LogP contribution in [0.2, 0.25) is 5.02 Å². The van der Waals surface area contributed by atoms with Crippen LogP contribution < -0.4 is 9.64 Å². The van der Waals surface area contributed by atoms with Gasteiger partial charge in [0.15, 0.2) is 0 Å². The third-order valence-corrected chi connectivity index (χ3v) is 9.51. The second kappa shape index (κ2) is 15.3. The molecule has 0 aliphatic carbocycles. The number of aromatic nitrogens is 2. The molecule has 2 bridgehead atoms. The smallest absolute Gasteiger partial charge is 0.227 e. The van der Waals surface area contributed by atoms with E-state index >= 15 is 0 Å². The Bertz CT molecular complexity index is 1270. The lowest BCUT2D eigenvalue weighted by Crippen LogP contribution is -2.54. The standard InChI is InChI=1S/C31H43ClFN5O7/c32-21-13-34-31(35-14-21)36-7-5-19(6-8-36)2-1-9-45-24-4-3-20(25(33)12-24)10-28(42)38-16-22-11-23(38)15-37(22)17-26(40)29(43)30(44)27(41)18-39/h3-4,12-14,19,22-23,26-27,29-30,39-41,43-44H,1-2,5-11,15-18H2/t22-,23-,26-,27+,29+,30+/m0/s1. The first-order valence-corrected chi connectivity index (χ1v) is 16.0. The maximum Gasteiger partial charge on any atom is 0.227 e. The molecule has 1 aromatic carbocycles. The van der Waals surface area contributed by atoms with Gasteiger partial charge in [0.05, 0.1) is 43.2 Å². The summed E-state index contributed by atoms with van der Waals surface area (Å²) in [6.45, 7) is 2.48. The third kappa shape index (κ3) is 8.39. The number of rotatable bonds is 14. The summed E-state index contributed by atoms with van der Waals surface area (Å²) in [4.78, 5) is 27.5. The summed E-state index contributed by atoms with van der Waals surface area (Å²) in [5.41, 5.74) is 0.304. The molecule has 1 aromatic heterocycles. The predicted octanol–water partition coefficient (Wildman–Crippen LogP) is 0.608. The summed E-state index contributed by atoms with van der Waals surface area (Å²) in [7, 11) is 0. The summed E-state index contributed by atoms with van der Waals surface area (Å²) >= 11 is 5.88. The number of fused-ring (bicyclic) bond motifs is 2. The van der Waals surface area contributed by atoms with Crippen LogP contribution >= 0.6 is 11.6 Å². The first-order valence-electron chi connectivity index (χ1n) is 15.6. The summed E-state index contributed by atoms with van der Waals surface area (Å²) < 4.78 is 20.7. The number of halogens is 2.